The number of carbonyl (C=O) groups is 1. The molecule has 0 bridgehead atoms. The largest absolute Gasteiger partial charge is 0.355 e. The van der Waals surface area contributed by atoms with Crippen LogP contribution in [0.2, 0.25) is 0 Å². The number of fused-ring (bicyclic) bond motifs is 1. The SMILES string of the molecule is CNC(=O)C1=CC2CCCC12. The van der Waals surface area contributed by atoms with E-state index in [4.69, 9.17) is 0 Å². The Hall–Kier alpha value is -0.790. The molecule has 0 saturated heterocycles. The predicted molar refractivity (Wildman–Crippen MR) is 43.0 cm³/mol. The third kappa shape index (κ3) is 0.889. The minimum absolute atomic E-state index is 0.133. The summed E-state index contributed by atoms with van der Waals surface area (Å²) in [5, 5.41) is 2.67. The van der Waals surface area contributed by atoms with Crippen molar-refractivity contribution < 1.29 is 4.79 Å². The number of carbonyl (C=O) groups excluding carboxylic acids is 1. The Balaban J connectivity index is 2.08. The summed E-state index contributed by atoms with van der Waals surface area (Å²) in [4.78, 5) is 11.2. The summed E-state index contributed by atoms with van der Waals surface area (Å²) in [6.45, 7) is 0. The second kappa shape index (κ2) is 2.36. The molecule has 0 heterocycles. The second-order valence-corrected chi connectivity index (χ2v) is 3.40. The van der Waals surface area contributed by atoms with Crippen molar-refractivity contribution in [1.82, 2.24) is 5.32 Å². The van der Waals surface area contributed by atoms with Crippen LogP contribution in [0.3, 0.4) is 0 Å². The molecule has 0 aromatic heterocycles. The molecule has 2 heteroatoms. The summed E-state index contributed by atoms with van der Waals surface area (Å²) < 4.78 is 0. The van der Waals surface area contributed by atoms with Gasteiger partial charge in [-0.1, -0.05) is 12.5 Å². The number of rotatable bonds is 1. The lowest BCUT2D eigenvalue weighted by Crippen LogP contribution is -2.32. The van der Waals surface area contributed by atoms with E-state index in [0.29, 0.717) is 5.92 Å². The molecule has 2 unspecified atom stereocenters. The molecule has 1 N–H and O–H groups in total. The quantitative estimate of drug-likeness (QED) is 0.597. The summed E-state index contributed by atoms with van der Waals surface area (Å²) in [5.41, 5.74) is 1.04. The smallest absolute Gasteiger partial charge is 0.246 e. The van der Waals surface area contributed by atoms with Crippen LogP contribution in [0.5, 0.6) is 0 Å². The number of hydrogen-bond donors (Lipinski definition) is 1. The molecule has 2 atom stereocenters. The van der Waals surface area contributed by atoms with Gasteiger partial charge in [-0.25, -0.2) is 0 Å². The van der Waals surface area contributed by atoms with Crippen LogP contribution in [-0.4, -0.2) is 13.0 Å². The van der Waals surface area contributed by atoms with E-state index in [2.05, 4.69) is 11.4 Å². The zero-order valence-corrected chi connectivity index (χ0v) is 6.76. The van der Waals surface area contributed by atoms with Crippen molar-refractivity contribution in [2.45, 2.75) is 19.3 Å². The third-order valence-corrected chi connectivity index (χ3v) is 2.85. The highest BCUT2D eigenvalue weighted by Crippen LogP contribution is 2.45. The van der Waals surface area contributed by atoms with Crippen molar-refractivity contribution in [2.24, 2.45) is 11.8 Å². The molecule has 0 aliphatic heterocycles. The van der Waals surface area contributed by atoms with Crippen molar-refractivity contribution in [1.29, 1.82) is 0 Å². The monoisotopic (exact) mass is 151 g/mol. The Morgan fingerprint density at radius 1 is 1.64 bits per heavy atom. The van der Waals surface area contributed by atoms with E-state index in [1.54, 1.807) is 7.05 Å². The normalized spacial score (nSPS) is 33.7. The van der Waals surface area contributed by atoms with E-state index in [1.165, 1.54) is 19.3 Å². The van der Waals surface area contributed by atoms with Crippen molar-refractivity contribution in [2.75, 3.05) is 7.05 Å². The molecule has 1 saturated carbocycles. The molecule has 0 radical (unpaired) electrons. The maximum absolute atomic E-state index is 11.2. The van der Waals surface area contributed by atoms with Gasteiger partial charge in [-0.15, -0.1) is 0 Å². The molecule has 0 spiro atoms. The fourth-order valence-corrected chi connectivity index (χ4v) is 2.20. The average Bonchev–Trinajstić information content (AvgIpc) is 2.32. The molecule has 2 aliphatic rings. The Labute approximate surface area is 66.7 Å². The van der Waals surface area contributed by atoms with Crippen molar-refractivity contribution in [3.8, 4) is 0 Å². The van der Waals surface area contributed by atoms with Gasteiger partial charge in [0, 0.05) is 12.6 Å². The maximum Gasteiger partial charge on any atom is 0.246 e. The van der Waals surface area contributed by atoms with E-state index >= 15 is 0 Å². The van der Waals surface area contributed by atoms with Gasteiger partial charge in [-0.2, -0.15) is 0 Å². The molecule has 1 fully saturated rings. The highest BCUT2D eigenvalue weighted by Gasteiger charge is 2.38. The van der Waals surface area contributed by atoms with Gasteiger partial charge in [0.25, 0.3) is 0 Å². The summed E-state index contributed by atoms with van der Waals surface area (Å²) in [6.07, 6.45) is 5.96. The van der Waals surface area contributed by atoms with Crippen LogP contribution in [0.15, 0.2) is 11.6 Å². The van der Waals surface area contributed by atoms with Crippen LogP contribution in [0.25, 0.3) is 0 Å². The molecule has 1 amide bonds. The molecule has 2 rings (SSSR count). The number of amides is 1. The van der Waals surface area contributed by atoms with Gasteiger partial charge in [0.1, 0.15) is 0 Å². The van der Waals surface area contributed by atoms with Gasteiger partial charge in [0.15, 0.2) is 0 Å². The molecule has 11 heavy (non-hydrogen) atoms. The van der Waals surface area contributed by atoms with Gasteiger partial charge >= 0.3 is 0 Å². The van der Waals surface area contributed by atoms with Crippen molar-refractivity contribution in [3.63, 3.8) is 0 Å². The number of likely N-dealkylation sites (N-methyl/N-ethyl adjacent to an activating group) is 1. The minimum atomic E-state index is 0.133. The van der Waals surface area contributed by atoms with Crippen LogP contribution in [-0.2, 0) is 4.79 Å². The molecular weight excluding hydrogens is 138 g/mol. The van der Waals surface area contributed by atoms with Crippen LogP contribution >= 0.6 is 0 Å². The summed E-state index contributed by atoms with van der Waals surface area (Å²) >= 11 is 0. The molecule has 0 aromatic rings. The van der Waals surface area contributed by atoms with Crippen LogP contribution < -0.4 is 5.32 Å². The second-order valence-electron chi connectivity index (χ2n) is 3.40. The number of hydrogen-bond acceptors (Lipinski definition) is 1. The highest BCUT2D eigenvalue weighted by atomic mass is 16.1. The maximum atomic E-state index is 11.2. The van der Waals surface area contributed by atoms with E-state index in [-0.39, 0.29) is 5.91 Å². The Kier molecular flexibility index (Phi) is 1.48. The molecule has 2 aliphatic carbocycles. The first-order valence-electron chi connectivity index (χ1n) is 4.26. The molecule has 0 aromatic carbocycles. The first kappa shape index (κ1) is 6.89. The fourth-order valence-electron chi connectivity index (χ4n) is 2.20. The summed E-state index contributed by atoms with van der Waals surface area (Å²) in [6, 6.07) is 0. The zero-order valence-electron chi connectivity index (χ0n) is 6.76. The fraction of sp³-hybridized carbons (Fsp3) is 0.667. The topological polar surface area (TPSA) is 29.1 Å². The van der Waals surface area contributed by atoms with Crippen LogP contribution in [0.1, 0.15) is 19.3 Å². The Bertz CT molecular complexity index is 220. The van der Waals surface area contributed by atoms with Gasteiger partial charge in [0.05, 0.1) is 0 Å². The van der Waals surface area contributed by atoms with Crippen molar-refractivity contribution >= 4 is 5.91 Å². The minimum Gasteiger partial charge on any atom is -0.355 e. The van der Waals surface area contributed by atoms with E-state index in [9.17, 15) is 4.79 Å². The zero-order chi connectivity index (χ0) is 7.84. The van der Waals surface area contributed by atoms with Gasteiger partial charge in [-0.3, -0.25) is 4.79 Å². The standard InChI is InChI=1S/C9H13NO/c1-10-9(11)8-5-6-3-2-4-7(6)8/h5-7H,2-4H2,1H3,(H,10,11). The Morgan fingerprint density at radius 3 is 3.09 bits per heavy atom. The summed E-state index contributed by atoms with van der Waals surface area (Å²) in [7, 11) is 1.70. The third-order valence-electron chi connectivity index (χ3n) is 2.85. The van der Waals surface area contributed by atoms with E-state index in [1.807, 2.05) is 0 Å². The predicted octanol–water partition coefficient (Wildman–Crippen LogP) is 1.09. The number of nitrogens with one attached hydrogen (secondary N) is 1. The Morgan fingerprint density at radius 2 is 2.45 bits per heavy atom. The summed E-state index contributed by atoms with van der Waals surface area (Å²) in [5.74, 6) is 1.48. The van der Waals surface area contributed by atoms with Gasteiger partial charge in [0.2, 0.25) is 5.91 Å². The van der Waals surface area contributed by atoms with Crippen LogP contribution in [0, 0.1) is 11.8 Å². The first-order valence-corrected chi connectivity index (χ1v) is 4.26. The van der Waals surface area contributed by atoms with Crippen LogP contribution in [0.4, 0.5) is 0 Å². The lowest BCUT2D eigenvalue weighted by atomic mass is 9.77. The molecule has 2 nitrogen and oxygen atoms in total. The highest BCUT2D eigenvalue weighted by molar-refractivity contribution is 5.95. The lowest BCUT2D eigenvalue weighted by Gasteiger charge is -2.28. The van der Waals surface area contributed by atoms with E-state index < -0.39 is 0 Å². The average molecular weight is 151 g/mol. The van der Waals surface area contributed by atoms with E-state index in [0.717, 1.165) is 11.5 Å². The van der Waals surface area contributed by atoms with Crippen molar-refractivity contribution in [3.05, 3.63) is 11.6 Å². The first-order chi connectivity index (χ1) is 5.33. The molecular formula is C9H13NO. The van der Waals surface area contributed by atoms with Gasteiger partial charge in [-0.05, 0) is 24.7 Å². The molecule has 60 valence electrons. The lowest BCUT2D eigenvalue weighted by molar-refractivity contribution is -0.118. The number of allylic oxidation sites excluding steroid dienone is 1. The van der Waals surface area contributed by atoms with Gasteiger partial charge < -0.3 is 5.32 Å².